The highest BCUT2D eigenvalue weighted by Gasteiger charge is 2.32. The van der Waals surface area contributed by atoms with E-state index in [4.69, 9.17) is 4.74 Å². The van der Waals surface area contributed by atoms with Crippen molar-refractivity contribution in [3.63, 3.8) is 0 Å². The molecule has 0 bridgehead atoms. The van der Waals surface area contributed by atoms with Crippen molar-refractivity contribution in [1.82, 2.24) is 14.9 Å². The summed E-state index contributed by atoms with van der Waals surface area (Å²) in [5.74, 6) is 0.728. The summed E-state index contributed by atoms with van der Waals surface area (Å²) >= 11 is 0. The molecule has 96 valence electrons. The van der Waals surface area contributed by atoms with E-state index >= 15 is 0 Å². The van der Waals surface area contributed by atoms with Crippen molar-refractivity contribution in [2.75, 3.05) is 13.7 Å². The van der Waals surface area contributed by atoms with Crippen LogP contribution < -0.4 is 5.32 Å². The molecule has 1 heterocycles. The van der Waals surface area contributed by atoms with Gasteiger partial charge in [-0.25, -0.2) is 4.98 Å². The fourth-order valence-corrected chi connectivity index (χ4v) is 1.86. The number of aromatic nitrogens is 2. The third-order valence-electron chi connectivity index (χ3n) is 2.98. The Bertz CT molecular complexity index is 376. The Labute approximate surface area is 102 Å². The zero-order chi connectivity index (χ0) is 12.9. The number of imidazole rings is 1. The van der Waals surface area contributed by atoms with Crippen molar-refractivity contribution in [3.8, 4) is 0 Å². The summed E-state index contributed by atoms with van der Waals surface area (Å²) in [5.41, 5.74) is -0.639. The first-order valence-electron chi connectivity index (χ1n) is 5.84. The highest BCUT2D eigenvalue weighted by atomic mass is 16.5. The first kappa shape index (κ1) is 13.7. The summed E-state index contributed by atoms with van der Waals surface area (Å²) in [4.78, 5) is 15.9. The molecule has 0 aliphatic heterocycles. The maximum Gasteiger partial charge on any atom is 0.325 e. The first-order chi connectivity index (χ1) is 8.03. The molecule has 5 nitrogen and oxygen atoms in total. The van der Waals surface area contributed by atoms with Gasteiger partial charge in [-0.1, -0.05) is 6.92 Å². The minimum absolute atomic E-state index is 0.225. The third kappa shape index (κ3) is 3.30. The summed E-state index contributed by atoms with van der Waals surface area (Å²) in [6.45, 7) is 7.26. The molecule has 0 aromatic carbocycles. The summed E-state index contributed by atoms with van der Waals surface area (Å²) < 4.78 is 6.87. The Morgan fingerprint density at radius 2 is 2.35 bits per heavy atom. The molecule has 0 radical (unpaired) electrons. The van der Waals surface area contributed by atoms with Crippen molar-refractivity contribution >= 4 is 5.97 Å². The van der Waals surface area contributed by atoms with Gasteiger partial charge in [0.15, 0.2) is 0 Å². The third-order valence-corrected chi connectivity index (χ3v) is 2.98. The average Bonchev–Trinajstić information content (AvgIpc) is 2.71. The number of nitrogens with one attached hydrogen (secondary N) is 1. The van der Waals surface area contributed by atoms with Gasteiger partial charge in [-0.2, -0.15) is 0 Å². The summed E-state index contributed by atoms with van der Waals surface area (Å²) in [5, 5.41) is 3.18. The molecular weight excluding hydrogens is 218 g/mol. The number of likely N-dealkylation sites (N-methyl/N-ethyl adjacent to an activating group) is 1. The van der Waals surface area contributed by atoms with Crippen LogP contribution in [0.25, 0.3) is 0 Å². The first-order valence-corrected chi connectivity index (χ1v) is 5.84. The number of carbonyl (C=O) groups is 1. The van der Waals surface area contributed by atoms with E-state index < -0.39 is 5.54 Å². The normalized spacial score (nSPS) is 14.4. The summed E-state index contributed by atoms with van der Waals surface area (Å²) in [6.07, 6.45) is 4.35. The van der Waals surface area contributed by atoms with Crippen LogP contribution in [0, 0.1) is 6.92 Å². The standard InChI is InChI=1S/C12H21N3O2/c1-5-14-12(3,11(16)17-4)6-8-15-9-7-13-10(15)2/h7,9,14H,5-6,8H2,1-4H3. The molecule has 0 fully saturated rings. The van der Waals surface area contributed by atoms with Gasteiger partial charge < -0.3 is 14.6 Å². The zero-order valence-electron chi connectivity index (χ0n) is 11.0. The van der Waals surface area contributed by atoms with Gasteiger partial charge in [0.25, 0.3) is 0 Å². The van der Waals surface area contributed by atoms with Gasteiger partial charge in [0.1, 0.15) is 11.4 Å². The van der Waals surface area contributed by atoms with Crippen LogP contribution in [0.5, 0.6) is 0 Å². The smallest absolute Gasteiger partial charge is 0.325 e. The fourth-order valence-electron chi connectivity index (χ4n) is 1.86. The van der Waals surface area contributed by atoms with Crippen LogP contribution in [-0.2, 0) is 16.1 Å². The van der Waals surface area contributed by atoms with Crippen LogP contribution in [0.4, 0.5) is 0 Å². The second kappa shape index (κ2) is 5.82. The zero-order valence-corrected chi connectivity index (χ0v) is 11.0. The van der Waals surface area contributed by atoms with Gasteiger partial charge in [0, 0.05) is 18.9 Å². The lowest BCUT2D eigenvalue weighted by molar-refractivity contribution is -0.148. The van der Waals surface area contributed by atoms with Crippen LogP contribution in [0.15, 0.2) is 12.4 Å². The molecule has 1 aromatic heterocycles. The van der Waals surface area contributed by atoms with Gasteiger partial charge in [0.2, 0.25) is 0 Å². The van der Waals surface area contributed by atoms with E-state index in [1.807, 2.05) is 31.5 Å². The van der Waals surface area contributed by atoms with Gasteiger partial charge in [-0.05, 0) is 26.8 Å². The SMILES string of the molecule is CCNC(C)(CCn1ccnc1C)C(=O)OC. The fraction of sp³-hybridized carbons (Fsp3) is 0.667. The lowest BCUT2D eigenvalue weighted by Crippen LogP contribution is -2.50. The quantitative estimate of drug-likeness (QED) is 0.756. The highest BCUT2D eigenvalue weighted by Crippen LogP contribution is 2.14. The Hall–Kier alpha value is -1.36. The Kier molecular flexibility index (Phi) is 4.69. The van der Waals surface area contributed by atoms with E-state index in [9.17, 15) is 4.79 Å². The number of aryl methyl sites for hydroxylation is 2. The van der Waals surface area contributed by atoms with Crippen molar-refractivity contribution < 1.29 is 9.53 Å². The Morgan fingerprint density at radius 1 is 1.65 bits per heavy atom. The average molecular weight is 239 g/mol. The Balaban J connectivity index is 2.68. The maximum absolute atomic E-state index is 11.8. The van der Waals surface area contributed by atoms with Crippen molar-refractivity contribution in [2.24, 2.45) is 0 Å². The number of carbonyl (C=O) groups excluding carboxylic acids is 1. The van der Waals surface area contributed by atoms with Crippen LogP contribution in [0.1, 0.15) is 26.1 Å². The van der Waals surface area contributed by atoms with E-state index in [0.717, 1.165) is 18.9 Å². The molecule has 0 amide bonds. The molecular formula is C12H21N3O2. The molecule has 5 heteroatoms. The van der Waals surface area contributed by atoms with Crippen LogP contribution in [-0.4, -0.2) is 34.7 Å². The van der Waals surface area contributed by atoms with E-state index in [2.05, 4.69) is 10.3 Å². The number of methoxy groups -OCH3 is 1. The van der Waals surface area contributed by atoms with Crippen LogP contribution in [0.2, 0.25) is 0 Å². The number of rotatable bonds is 6. The van der Waals surface area contributed by atoms with Crippen LogP contribution >= 0.6 is 0 Å². The van der Waals surface area contributed by atoms with E-state index in [0.29, 0.717) is 6.42 Å². The predicted molar refractivity (Wildman–Crippen MR) is 65.7 cm³/mol. The van der Waals surface area contributed by atoms with Crippen molar-refractivity contribution in [2.45, 2.75) is 39.3 Å². The number of nitrogens with zero attached hydrogens (tertiary/aromatic N) is 2. The largest absolute Gasteiger partial charge is 0.468 e. The second-order valence-electron chi connectivity index (χ2n) is 4.27. The monoisotopic (exact) mass is 239 g/mol. The topological polar surface area (TPSA) is 56.2 Å². The maximum atomic E-state index is 11.8. The Morgan fingerprint density at radius 3 is 2.82 bits per heavy atom. The highest BCUT2D eigenvalue weighted by molar-refractivity contribution is 5.80. The molecule has 1 unspecified atom stereocenters. The number of esters is 1. The summed E-state index contributed by atoms with van der Waals surface area (Å²) in [7, 11) is 1.42. The predicted octanol–water partition coefficient (Wildman–Crippen LogP) is 1.12. The van der Waals surface area contributed by atoms with E-state index in [-0.39, 0.29) is 5.97 Å². The number of hydrogen-bond donors (Lipinski definition) is 1. The van der Waals surface area contributed by atoms with E-state index in [1.165, 1.54) is 7.11 Å². The lowest BCUT2D eigenvalue weighted by Gasteiger charge is -2.27. The van der Waals surface area contributed by atoms with Crippen molar-refractivity contribution in [1.29, 1.82) is 0 Å². The molecule has 0 saturated heterocycles. The molecule has 0 aliphatic carbocycles. The molecule has 0 saturated carbocycles. The van der Waals surface area contributed by atoms with Crippen LogP contribution in [0.3, 0.4) is 0 Å². The molecule has 17 heavy (non-hydrogen) atoms. The van der Waals surface area contributed by atoms with Gasteiger partial charge in [-0.3, -0.25) is 4.79 Å². The summed E-state index contributed by atoms with van der Waals surface area (Å²) in [6, 6.07) is 0. The minimum Gasteiger partial charge on any atom is -0.468 e. The van der Waals surface area contributed by atoms with Gasteiger partial charge >= 0.3 is 5.97 Å². The lowest BCUT2D eigenvalue weighted by atomic mass is 9.98. The van der Waals surface area contributed by atoms with Crippen molar-refractivity contribution in [3.05, 3.63) is 18.2 Å². The minimum atomic E-state index is -0.639. The molecule has 1 rings (SSSR count). The number of hydrogen-bond acceptors (Lipinski definition) is 4. The molecule has 0 spiro atoms. The molecule has 0 aliphatic rings. The molecule has 1 atom stereocenters. The number of ether oxygens (including phenoxy) is 1. The second-order valence-corrected chi connectivity index (χ2v) is 4.27. The molecule has 1 N–H and O–H groups in total. The molecule has 1 aromatic rings. The van der Waals surface area contributed by atoms with E-state index in [1.54, 1.807) is 6.20 Å². The van der Waals surface area contributed by atoms with Gasteiger partial charge in [-0.15, -0.1) is 0 Å². The van der Waals surface area contributed by atoms with Gasteiger partial charge in [0.05, 0.1) is 7.11 Å².